The first kappa shape index (κ1) is 31.1. The van der Waals surface area contributed by atoms with Gasteiger partial charge in [-0.1, -0.05) is 73.1 Å². The number of nitrogens with zero attached hydrogens (tertiary/aromatic N) is 2. The van der Waals surface area contributed by atoms with Crippen molar-refractivity contribution in [1.29, 1.82) is 0 Å². The lowest BCUT2D eigenvalue weighted by atomic mass is 9.86. The molecule has 5 rings (SSSR count). The lowest BCUT2D eigenvalue weighted by Crippen LogP contribution is -2.41. The second-order valence-electron chi connectivity index (χ2n) is 11.3. The molecule has 2 amide bonds. The molecule has 0 aromatic heterocycles. The van der Waals surface area contributed by atoms with Crippen molar-refractivity contribution in [2.75, 3.05) is 12.0 Å². The first-order valence-corrected chi connectivity index (χ1v) is 15.4. The fraction of sp³-hybridized carbons (Fsp3) is 0.297. The molecular weight excluding hydrogens is 572 g/mol. The summed E-state index contributed by atoms with van der Waals surface area (Å²) >= 11 is 6.27. The van der Waals surface area contributed by atoms with E-state index in [2.05, 4.69) is 6.92 Å². The van der Waals surface area contributed by atoms with Crippen molar-refractivity contribution in [3.05, 3.63) is 124 Å². The van der Waals surface area contributed by atoms with Gasteiger partial charge < -0.3 is 19.3 Å². The zero-order chi connectivity index (χ0) is 31.4. The van der Waals surface area contributed by atoms with E-state index in [0.717, 1.165) is 39.9 Å². The van der Waals surface area contributed by atoms with E-state index in [1.807, 2.05) is 115 Å². The Kier molecular flexibility index (Phi) is 9.60. The molecule has 3 unspecified atom stereocenters. The number of amides is 2. The minimum Gasteiger partial charge on any atom is -0.493 e. The number of fused-ring (bicyclic) bond motifs is 1. The first-order chi connectivity index (χ1) is 21.2. The van der Waals surface area contributed by atoms with Crippen LogP contribution in [-0.2, 0) is 22.6 Å². The molecule has 0 fully saturated rings. The lowest BCUT2D eigenvalue weighted by Gasteiger charge is -2.38. The van der Waals surface area contributed by atoms with Crippen LogP contribution in [0.1, 0.15) is 74.0 Å². The minimum absolute atomic E-state index is 0.00175. The quantitative estimate of drug-likeness (QED) is 0.181. The summed E-state index contributed by atoms with van der Waals surface area (Å²) in [6, 6.07) is 29.0. The molecule has 0 N–H and O–H groups in total. The van der Waals surface area contributed by atoms with Crippen LogP contribution in [0.4, 0.5) is 5.69 Å². The van der Waals surface area contributed by atoms with Gasteiger partial charge in [0.05, 0.1) is 31.7 Å². The largest absolute Gasteiger partial charge is 0.493 e. The van der Waals surface area contributed by atoms with E-state index in [0.29, 0.717) is 23.1 Å². The van der Waals surface area contributed by atoms with E-state index in [1.54, 1.807) is 14.0 Å². The van der Waals surface area contributed by atoms with Gasteiger partial charge in [-0.05, 0) is 84.5 Å². The second kappa shape index (κ2) is 13.6. The number of carbonyl (C=O) groups is 2. The van der Waals surface area contributed by atoms with Crippen molar-refractivity contribution in [3.8, 4) is 11.5 Å². The summed E-state index contributed by atoms with van der Waals surface area (Å²) < 4.78 is 11.9. The van der Waals surface area contributed by atoms with Crippen LogP contribution in [0.5, 0.6) is 11.5 Å². The highest BCUT2D eigenvalue weighted by molar-refractivity contribution is 6.30. The third kappa shape index (κ3) is 6.61. The molecule has 1 aliphatic rings. The van der Waals surface area contributed by atoms with Gasteiger partial charge in [-0.15, -0.1) is 0 Å². The smallest absolute Gasteiger partial charge is 0.232 e. The fourth-order valence-electron chi connectivity index (χ4n) is 5.77. The van der Waals surface area contributed by atoms with Gasteiger partial charge in [-0.3, -0.25) is 9.59 Å². The summed E-state index contributed by atoms with van der Waals surface area (Å²) in [6.45, 7) is 8.26. The van der Waals surface area contributed by atoms with E-state index < -0.39 is 6.04 Å². The van der Waals surface area contributed by atoms with Gasteiger partial charge >= 0.3 is 0 Å². The summed E-state index contributed by atoms with van der Waals surface area (Å²) in [5, 5.41) is 0.627. The van der Waals surface area contributed by atoms with Gasteiger partial charge in [0.25, 0.3) is 0 Å². The van der Waals surface area contributed by atoms with Crippen LogP contribution < -0.4 is 14.4 Å². The van der Waals surface area contributed by atoms with Crippen molar-refractivity contribution in [3.63, 3.8) is 0 Å². The summed E-state index contributed by atoms with van der Waals surface area (Å²) in [6.07, 6.45) is 1.08. The normalized spacial score (nSPS) is 15.7. The Balaban J connectivity index is 1.53. The maximum atomic E-state index is 13.9. The first-order valence-electron chi connectivity index (χ1n) is 15.1. The molecule has 4 aromatic carbocycles. The highest BCUT2D eigenvalue weighted by Gasteiger charge is 2.36. The van der Waals surface area contributed by atoms with Crippen molar-refractivity contribution in [1.82, 2.24) is 4.90 Å². The van der Waals surface area contributed by atoms with E-state index in [4.69, 9.17) is 21.1 Å². The van der Waals surface area contributed by atoms with E-state index >= 15 is 0 Å². The number of rotatable bonds is 10. The number of hydrogen-bond donors (Lipinski definition) is 0. The highest BCUT2D eigenvalue weighted by Crippen LogP contribution is 2.44. The number of halogens is 1. The number of benzene rings is 4. The van der Waals surface area contributed by atoms with Crippen molar-refractivity contribution in [2.45, 2.75) is 65.3 Å². The maximum absolute atomic E-state index is 13.9. The maximum Gasteiger partial charge on any atom is 0.232 e. The van der Waals surface area contributed by atoms with E-state index in [1.165, 1.54) is 0 Å². The number of methoxy groups -OCH3 is 1. The lowest BCUT2D eigenvalue weighted by molar-refractivity contribution is -0.131. The number of anilines is 1. The molecule has 3 atom stereocenters. The van der Waals surface area contributed by atoms with Gasteiger partial charge in [0.15, 0.2) is 11.5 Å². The van der Waals surface area contributed by atoms with Gasteiger partial charge in [0.1, 0.15) is 0 Å². The minimum atomic E-state index is -0.399. The Bertz CT molecular complexity index is 1610. The molecule has 0 bridgehead atoms. The Morgan fingerprint density at radius 2 is 1.66 bits per heavy atom. The number of carbonyl (C=O) groups excluding carboxylic acids is 2. The SMILES string of the molecule is CCC(C)Oc1cc2c(cc1OC)CC(=O)N(c1ccc(C(C)N(Cc3ccccc3)C(C)=O)cc1)C2c1ccc(Cl)cc1. The molecule has 0 spiro atoms. The summed E-state index contributed by atoms with van der Waals surface area (Å²) in [5.41, 5.74) is 5.65. The molecule has 6 nitrogen and oxygen atoms in total. The van der Waals surface area contributed by atoms with Crippen molar-refractivity contribution >= 4 is 29.1 Å². The monoisotopic (exact) mass is 610 g/mol. The average Bonchev–Trinajstić information content (AvgIpc) is 3.03. The van der Waals surface area contributed by atoms with Gasteiger partial charge in [0, 0.05) is 24.2 Å². The molecule has 0 saturated carbocycles. The number of ether oxygens (including phenoxy) is 2. The van der Waals surface area contributed by atoms with Gasteiger partial charge in [-0.25, -0.2) is 0 Å². The standard InChI is InChI=1S/C37H39ClN2O4/c1-6-24(2)44-35-22-33-30(20-34(35)43-5)21-36(42)40(37(33)29-12-16-31(38)17-13-29)32-18-14-28(15-19-32)25(3)39(26(4)41)23-27-10-8-7-9-11-27/h7-20,22,24-25,37H,6,21,23H2,1-5H3. The fourth-order valence-corrected chi connectivity index (χ4v) is 5.90. The predicted molar refractivity (Wildman–Crippen MR) is 175 cm³/mol. The molecule has 0 aliphatic carbocycles. The zero-order valence-corrected chi connectivity index (χ0v) is 26.7. The van der Waals surface area contributed by atoms with Crippen molar-refractivity contribution < 1.29 is 19.1 Å². The summed E-state index contributed by atoms with van der Waals surface area (Å²) in [5.74, 6) is 1.25. The van der Waals surface area contributed by atoms with Crippen LogP contribution in [-0.4, -0.2) is 29.9 Å². The van der Waals surface area contributed by atoms with Gasteiger partial charge in [-0.2, -0.15) is 0 Å². The molecule has 0 saturated heterocycles. The topological polar surface area (TPSA) is 59.1 Å². The molecule has 4 aromatic rings. The van der Waals surface area contributed by atoms with Gasteiger partial charge in [0.2, 0.25) is 11.8 Å². The molecule has 44 heavy (non-hydrogen) atoms. The second-order valence-corrected chi connectivity index (χ2v) is 11.8. The van der Waals surface area contributed by atoms with E-state index in [9.17, 15) is 9.59 Å². The van der Waals surface area contributed by atoms with Crippen LogP contribution >= 0.6 is 11.6 Å². The molecule has 1 heterocycles. The predicted octanol–water partition coefficient (Wildman–Crippen LogP) is 8.31. The molecule has 1 aliphatic heterocycles. The zero-order valence-electron chi connectivity index (χ0n) is 25.9. The summed E-state index contributed by atoms with van der Waals surface area (Å²) in [4.78, 5) is 30.3. The summed E-state index contributed by atoms with van der Waals surface area (Å²) in [7, 11) is 1.62. The van der Waals surface area contributed by atoms with Crippen LogP contribution in [0.2, 0.25) is 5.02 Å². The highest BCUT2D eigenvalue weighted by atomic mass is 35.5. The molecular formula is C37H39ClN2O4. The molecule has 0 radical (unpaired) electrons. The Morgan fingerprint density at radius 3 is 2.27 bits per heavy atom. The third-order valence-electron chi connectivity index (χ3n) is 8.40. The average molecular weight is 611 g/mol. The number of hydrogen-bond acceptors (Lipinski definition) is 4. The van der Waals surface area contributed by atoms with Crippen LogP contribution in [0, 0.1) is 0 Å². The molecule has 7 heteroatoms. The third-order valence-corrected chi connectivity index (χ3v) is 8.65. The Morgan fingerprint density at radius 1 is 0.977 bits per heavy atom. The Labute approximate surface area is 265 Å². The van der Waals surface area contributed by atoms with Crippen LogP contribution in [0.15, 0.2) is 91.0 Å². The van der Waals surface area contributed by atoms with Crippen LogP contribution in [0.3, 0.4) is 0 Å². The van der Waals surface area contributed by atoms with Crippen molar-refractivity contribution in [2.24, 2.45) is 0 Å². The molecule has 228 valence electrons. The van der Waals surface area contributed by atoms with E-state index in [-0.39, 0.29) is 30.4 Å². The van der Waals surface area contributed by atoms with Crippen LogP contribution in [0.25, 0.3) is 0 Å². The Hall–Kier alpha value is -4.29.